The van der Waals surface area contributed by atoms with Crippen molar-refractivity contribution >= 4 is 15.9 Å². The Morgan fingerprint density at radius 3 is 2.37 bits per heavy atom. The van der Waals surface area contributed by atoms with Gasteiger partial charge < -0.3 is 10.1 Å². The van der Waals surface area contributed by atoms with Crippen LogP contribution in [-0.4, -0.2) is 45.6 Å². The zero-order valence-corrected chi connectivity index (χ0v) is 16.7. The van der Waals surface area contributed by atoms with Gasteiger partial charge in [-0.2, -0.15) is 4.31 Å². The van der Waals surface area contributed by atoms with Crippen LogP contribution in [0.15, 0.2) is 54.6 Å². The summed E-state index contributed by atoms with van der Waals surface area (Å²) >= 11 is 0. The smallest absolute Gasteiger partial charge is 0.242 e. The highest BCUT2D eigenvalue weighted by Crippen LogP contribution is 2.22. The zero-order valence-electron chi connectivity index (χ0n) is 15.9. The monoisotopic (exact) mass is 390 g/mol. The maximum atomic E-state index is 12.7. The summed E-state index contributed by atoms with van der Waals surface area (Å²) in [5, 5.41) is 2.86. The van der Waals surface area contributed by atoms with Crippen molar-refractivity contribution in [3.63, 3.8) is 0 Å². The number of nitrogens with zero attached hydrogens (tertiary/aromatic N) is 1. The SMILES string of the molecule is COc1ccccc1CCCNC(=O)[C@@H](c1ccccc1)N(C)S(C)(=O)=O. The number of amides is 1. The highest BCUT2D eigenvalue weighted by atomic mass is 32.2. The van der Waals surface area contributed by atoms with Crippen molar-refractivity contribution in [3.8, 4) is 5.75 Å². The predicted molar refractivity (Wildman–Crippen MR) is 106 cm³/mol. The number of ether oxygens (including phenoxy) is 1. The standard InChI is InChI=1S/C20H26N2O4S/c1-22(27(3,24)25)19(17-11-5-4-6-12-17)20(23)21-15-9-13-16-10-7-8-14-18(16)26-2/h4-8,10-12,14,19H,9,13,15H2,1-3H3,(H,21,23)/t19-/m1/s1. The molecule has 2 aromatic carbocycles. The molecule has 6 nitrogen and oxygen atoms in total. The molecule has 0 aliphatic rings. The Morgan fingerprint density at radius 1 is 1.11 bits per heavy atom. The van der Waals surface area contributed by atoms with Gasteiger partial charge in [-0.05, 0) is 30.0 Å². The summed E-state index contributed by atoms with van der Waals surface area (Å²) in [4.78, 5) is 12.7. The minimum atomic E-state index is -3.52. The largest absolute Gasteiger partial charge is 0.496 e. The third-order valence-electron chi connectivity index (χ3n) is 4.37. The van der Waals surface area contributed by atoms with E-state index in [0.29, 0.717) is 12.1 Å². The van der Waals surface area contributed by atoms with Gasteiger partial charge in [-0.1, -0.05) is 48.5 Å². The summed E-state index contributed by atoms with van der Waals surface area (Å²) in [6.07, 6.45) is 2.57. The van der Waals surface area contributed by atoms with Gasteiger partial charge in [0.25, 0.3) is 0 Å². The van der Waals surface area contributed by atoms with Crippen LogP contribution < -0.4 is 10.1 Å². The molecule has 0 heterocycles. The Bertz CT molecular complexity index is 853. The van der Waals surface area contributed by atoms with Gasteiger partial charge in [0.2, 0.25) is 15.9 Å². The molecule has 0 saturated carbocycles. The molecule has 1 N–H and O–H groups in total. The van der Waals surface area contributed by atoms with Gasteiger partial charge in [0.1, 0.15) is 11.8 Å². The van der Waals surface area contributed by atoms with Crippen LogP contribution in [0.4, 0.5) is 0 Å². The second-order valence-corrected chi connectivity index (χ2v) is 8.34. The van der Waals surface area contributed by atoms with Crippen molar-refractivity contribution in [2.75, 3.05) is 27.0 Å². The number of methoxy groups -OCH3 is 1. The van der Waals surface area contributed by atoms with Crippen molar-refractivity contribution in [1.82, 2.24) is 9.62 Å². The Hall–Kier alpha value is -2.38. The minimum absolute atomic E-state index is 0.339. The van der Waals surface area contributed by atoms with Crippen molar-refractivity contribution in [2.24, 2.45) is 0 Å². The number of aryl methyl sites for hydroxylation is 1. The number of rotatable bonds is 9. The van der Waals surface area contributed by atoms with Crippen molar-refractivity contribution in [3.05, 3.63) is 65.7 Å². The Kier molecular flexibility index (Phi) is 7.38. The molecule has 27 heavy (non-hydrogen) atoms. The fourth-order valence-corrected chi connectivity index (χ4v) is 3.45. The molecule has 0 bridgehead atoms. The molecule has 2 rings (SSSR count). The zero-order chi connectivity index (χ0) is 19.9. The van der Waals surface area contributed by atoms with Crippen molar-refractivity contribution in [1.29, 1.82) is 0 Å². The molecule has 1 atom stereocenters. The number of benzene rings is 2. The predicted octanol–water partition coefficient (Wildman–Crippen LogP) is 2.38. The fraction of sp³-hybridized carbons (Fsp3) is 0.350. The van der Waals surface area contributed by atoms with E-state index in [-0.39, 0.29) is 5.91 Å². The van der Waals surface area contributed by atoms with E-state index in [1.165, 1.54) is 7.05 Å². The van der Waals surface area contributed by atoms with E-state index in [1.54, 1.807) is 31.4 Å². The van der Waals surface area contributed by atoms with E-state index in [4.69, 9.17) is 4.74 Å². The molecule has 0 saturated heterocycles. The first-order chi connectivity index (χ1) is 12.8. The molecule has 0 fully saturated rings. The number of para-hydroxylation sites is 1. The first-order valence-corrected chi connectivity index (χ1v) is 10.6. The lowest BCUT2D eigenvalue weighted by Gasteiger charge is -2.25. The number of carbonyl (C=O) groups excluding carboxylic acids is 1. The summed E-state index contributed by atoms with van der Waals surface area (Å²) in [6.45, 7) is 0.442. The van der Waals surface area contributed by atoms with Crippen molar-refractivity contribution < 1.29 is 17.9 Å². The molecule has 0 radical (unpaired) electrons. The first kappa shape index (κ1) is 20.9. The highest BCUT2D eigenvalue weighted by Gasteiger charge is 2.30. The normalized spacial score (nSPS) is 12.6. The second-order valence-electron chi connectivity index (χ2n) is 6.30. The van der Waals surface area contributed by atoms with Gasteiger partial charge in [0.15, 0.2) is 0 Å². The molecule has 0 aliphatic heterocycles. The van der Waals surface area contributed by atoms with E-state index in [2.05, 4.69) is 5.32 Å². The lowest BCUT2D eigenvalue weighted by molar-refractivity contribution is -0.124. The highest BCUT2D eigenvalue weighted by molar-refractivity contribution is 7.88. The molecule has 2 aromatic rings. The van der Waals surface area contributed by atoms with Gasteiger partial charge in [0.05, 0.1) is 13.4 Å². The van der Waals surface area contributed by atoms with Gasteiger partial charge in [0, 0.05) is 13.6 Å². The van der Waals surface area contributed by atoms with Crippen LogP contribution in [0, 0.1) is 0 Å². The molecular weight excluding hydrogens is 364 g/mol. The maximum Gasteiger partial charge on any atom is 0.242 e. The number of nitrogens with one attached hydrogen (secondary N) is 1. The van der Waals surface area contributed by atoms with E-state index < -0.39 is 16.1 Å². The lowest BCUT2D eigenvalue weighted by Crippen LogP contribution is -2.41. The third kappa shape index (κ3) is 5.80. The van der Waals surface area contributed by atoms with Gasteiger partial charge in [-0.25, -0.2) is 8.42 Å². The van der Waals surface area contributed by atoms with E-state index in [1.807, 2.05) is 30.3 Å². The fourth-order valence-electron chi connectivity index (χ4n) is 2.85. The summed E-state index contributed by atoms with van der Waals surface area (Å²) in [7, 11) is -0.473. The van der Waals surface area contributed by atoms with Crippen LogP contribution in [0.25, 0.3) is 0 Å². The molecular formula is C20H26N2O4S. The summed E-state index contributed by atoms with van der Waals surface area (Å²) < 4.78 is 30.4. The Labute approximate surface area is 161 Å². The van der Waals surface area contributed by atoms with Gasteiger partial charge >= 0.3 is 0 Å². The number of carbonyl (C=O) groups is 1. The summed E-state index contributed by atoms with van der Waals surface area (Å²) in [6, 6.07) is 15.8. The molecule has 0 aromatic heterocycles. The van der Waals surface area contributed by atoms with Crippen LogP contribution >= 0.6 is 0 Å². The van der Waals surface area contributed by atoms with E-state index in [0.717, 1.165) is 34.7 Å². The lowest BCUT2D eigenvalue weighted by atomic mass is 10.1. The van der Waals surface area contributed by atoms with E-state index in [9.17, 15) is 13.2 Å². The summed E-state index contributed by atoms with van der Waals surface area (Å²) in [5.41, 5.74) is 1.70. The van der Waals surface area contributed by atoms with E-state index >= 15 is 0 Å². The maximum absolute atomic E-state index is 12.7. The number of hydrogen-bond acceptors (Lipinski definition) is 4. The molecule has 146 valence electrons. The number of sulfonamides is 1. The van der Waals surface area contributed by atoms with Gasteiger partial charge in [-0.15, -0.1) is 0 Å². The van der Waals surface area contributed by atoms with Crippen LogP contribution in [0.3, 0.4) is 0 Å². The van der Waals surface area contributed by atoms with Crippen molar-refractivity contribution in [2.45, 2.75) is 18.9 Å². The van der Waals surface area contributed by atoms with Crippen LogP contribution in [-0.2, 0) is 21.2 Å². The first-order valence-electron chi connectivity index (χ1n) is 8.72. The average molecular weight is 391 g/mol. The molecule has 0 unspecified atom stereocenters. The molecule has 0 spiro atoms. The third-order valence-corrected chi connectivity index (χ3v) is 5.62. The molecule has 7 heteroatoms. The second kappa shape index (κ2) is 9.53. The molecule has 1 amide bonds. The minimum Gasteiger partial charge on any atom is -0.496 e. The number of hydrogen-bond donors (Lipinski definition) is 1. The summed E-state index contributed by atoms with van der Waals surface area (Å²) in [5.74, 6) is 0.483. The molecule has 0 aliphatic carbocycles. The van der Waals surface area contributed by atoms with Crippen LogP contribution in [0.1, 0.15) is 23.6 Å². The van der Waals surface area contributed by atoms with Crippen LogP contribution in [0.2, 0.25) is 0 Å². The Balaban J connectivity index is 2.02. The Morgan fingerprint density at radius 2 is 1.74 bits per heavy atom. The van der Waals surface area contributed by atoms with Crippen LogP contribution in [0.5, 0.6) is 5.75 Å². The number of likely N-dealkylation sites (N-methyl/N-ethyl adjacent to an activating group) is 1. The quantitative estimate of drug-likeness (QED) is 0.667. The van der Waals surface area contributed by atoms with Gasteiger partial charge in [-0.3, -0.25) is 4.79 Å². The topological polar surface area (TPSA) is 75.7 Å². The average Bonchev–Trinajstić information content (AvgIpc) is 2.66.